The number of benzene rings is 1. The Balaban J connectivity index is 1.55. The third-order valence-corrected chi connectivity index (χ3v) is 6.34. The van der Waals surface area contributed by atoms with Gasteiger partial charge in [-0.1, -0.05) is 31.2 Å². The van der Waals surface area contributed by atoms with Crippen LogP contribution in [0.15, 0.2) is 48.8 Å². The molecule has 2 aromatic rings. The normalized spacial score (nSPS) is 21.3. The molecule has 2 heterocycles. The summed E-state index contributed by atoms with van der Waals surface area (Å²) in [4.78, 5) is 32.0. The van der Waals surface area contributed by atoms with Crippen molar-refractivity contribution in [2.45, 2.75) is 45.4 Å². The maximum absolute atomic E-state index is 13.3. The molecule has 1 aromatic heterocycles. The molecule has 2 aliphatic rings. The van der Waals surface area contributed by atoms with Crippen LogP contribution in [0.3, 0.4) is 0 Å². The number of amides is 2. The Kier molecular flexibility index (Phi) is 6.16. The van der Waals surface area contributed by atoms with Crippen LogP contribution in [0, 0.1) is 11.3 Å². The van der Waals surface area contributed by atoms with E-state index in [1.165, 1.54) is 0 Å². The van der Waals surface area contributed by atoms with Crippen molar-refractivity contribution < 1.29 is 9.59 Å². The lowest BCUT2D eigenvalue weighted by Gasteiger charge is -2.42. The lowest BCUT2D eigenvalue weighted by Crippen LogP contribution is -2.54. The van der Waals surface area contributed by atoms with Gasteiger partial charge in [0.15, 0.2) is 0 Å². The van der Waals surface area contributed by atoms with E-state index >= 15 is 0 Å². The number of hydrogen-bond acceptors (Lipinski definition) is 3. The number of aromatic nitrogens is 1. The zero-order valence-corrected chi connectivity index (χ0v) is 17.8. The fourth-order valence-electron chi connectivity index (χ4n) is 4.49. The minimum atomic E-state index is -0.545. The van der Waals surface area contributed by atoms with Gasteiger partial charge < -0.3 is 10.2 Å². The first-order chi connectivity index (χ1) is 14.6. The average Bonchev–Trinajstić information content (AvgIpc) is 3.64. The number of pyridine rings is 1. The highest BCUT2D eigenvalue weighted by atomic mass is 16.2. The lowest BCUT2D eigenvalue weighted by atomic mass is 9.74. The predicted octanol–water partition coefficient (Wildman–Crippen LogP) is 3.84. The molecule has 4 rings (SSSR count). The Morgan fingerprint density at radius 2 is 1.80 bits per heavy atom. The van der Waals surface area contributed by atoms with Gasteiger partial charge in [0.2, 0.25) is 11.8 Å². The highest BCUT2D eigenvalue weighted by Crippen LogP contribution is 2.38. The van der Waals surface area contributed by atoms with Gasteiger partial charge in [-0.3, -0.25) is 14.6 Å². The number of hydrogen-bond donors (Lipinski definition) is 1. The van der Waals surface area contributed by atoms with E-state index in [-0.39, 0.29) is 17.7 Å². The molecule has 5 nitrogen and oxygen atoms in total. The number of nitrogens with one attached hydrogen (secondary N) is 1. The fraction of sp³-hybridized carbons (Fsp3) is 0.480. The van der Waals surface area contributed by atoms with Gasteiger partial charge in [-0.05, 0) is 67.3 Å². The van der Waals surface area contributed by atoms with Crippen LogP contribution < -0.4 is 5.32 Å². The quantitative estimate of drug-likeness (QED) is 0.761. The molecule has 1 saturated heterocycles. The Morgan fingerprint density at radius 1 is 1.10 bits per heavy atom. The molecule has 0 bridgehead atoms. The van der Waals surface area contributed by atoms with E-state index in [0.29, 0.717) is 19.5 Å². The summed E-state index contributed by atoms with van der Waals surface area (Å²) >= 11 is 0. The van der Waals surface area contributed by atoms with Crippen molar-refractivity contribution in [2.75, 3.05) is 19.6 Å². The minimum Gasteiger partial charge on any atom is -0.356 e. The molecule has 1 atom stereocenters. The largest absolute Gasteiger partial charge is 0.356 e. The third-order valence-electron chi connectivity index (χ3n) is 6.34. The number of carbonyl (C=O) groups excluding carboxylic acids is 2. The summed E-state index contributed by atoms with van der Waals surface area (Å²) in [5.41, 5.74) is 2.86. The van der Waals surface area contributed by atoms with E-state index < -0.39 is 5.41 Å². The van der Waals surface area contributed by atoms with Gasteiger partial charge in [-0.2, -0.15) is 0 Å². The molecule has 30 heavy (non-hydrogen) atoms. The predicted molar refractivity (Wildman–Crippen MR) is 118 cm³/mol. The Hall–Kier alpha value is -2.69. The summed E-state index contributed by atoms with van der Waals surface area (Å²) in [6.45, 7) is 4.05. The van der Waals surface area contributed by atoms with Crippen molar-refractivity contribution in [3.05, 3.63) is 54.4 Å². The Bertz CT molecular complexity index is 877. The average molecular weight is 406 g/mol. The molecule has 2 amide bonds. The first-order valence-electron chi connectivity index (χ1n) is 11.2. The summed E-state index contributed by atoms with van der Waals surface area (Å²) < 4.78 is 0. The smallest absolute Gasteiger partial charge is 0.228 e. The second-order valence-corrected chi connectivity index (χ2v) is 8.78. The summed E-state index contributed by atoms with van der Waals surface area (Å²) in [6, 6.07) is 12.4. The number of nitrogens with zero attached hydrogens (tertiary/aromatic N) is 2. The van der Waals surface area contributed by atoms with Crippen LogP contribution in [-0.4, -0.2) is 41.3 Å². The maximum Gasteiger partial charge on any atom is 0.228 e. The highest BCUT2D eigenvalue weighted by molar-refractivity contribution is 5.86. The van der Waals surface area contributed by atoms with Gasteiger partial charge in [0.1, 0.15) is 0 Å². The summed E-state index contributed by atoms with van der Waals surface area (Å²) in [7, 11) is 0. The van der Waals surface area contributed by atoms with Crippen LogP contribution in [-0.2, 0) is 16.0 Å². The van der Waals surface area contributed by atoms with E-state index in [1.54, 1.807) is 12.4 Å². The number of likely N-dealkylation sites (tertiary alicyclic amines) is 1. The topological polar surface area (TPSA) is 62.3 Å². The van der Waals surface area contributed by atoms with E-state index in [0.717, 1.165) is 55.3 Å². The van der Waals surface area contributed by atoms with Crippen molar-refractivity contribution in [1.82, 2.24) is 15.2 Å². The molecule has 5 heteroatoms. The van der Waals surface area contributed by atoms with Crippen molar-refractivity contribution in [1.29, 1.82) is 0 Å². The van der Waals surface area contributed by atoms with Gasteiger partial charge in [0, 0.05) is 37.9 Å². The summed E-state index contributed by atoms with van der Waals surface area (Å²) in [5, 5.41) is 3.12. The first-order valence-corrected chi connectivity index (χ1v) is 11.2. The van der Waals surface area contributed by atoms with Crippen molar-refractivity contribution >= 4 is 11.8 Å². The molecule has 1 unspecified atom stereocenters. The zero-order chi connectivity index (χ0) is 21.0. The van der Waals surface area contributed by atoms with Crippen LogP contribution >= 0.6 is 0 Å². The highest BCUT2D eigenvalue weighted by Gasteiger charge is 2.45. The van der Waals surface area contributed by atoms with Crippen LogP contribution in [0.4, 0.5) is 0 Å². The van der Waals surface area contributed by atoms with Crippen molar-refractivity contribution in [3.63, 3.8) is 0 Å². The monoisotopic (exact) mass is 405 g/mol. The van der Waals surface area contributed by atoms with Gasteiger partial charge in [0.05, 0.1) is 5.41 Å². The molecular weight excluding hydrogens is 374 g/mol. The minimum absolute atomic E-state index is 0.0934. The van der Waals surface area contributed by atoms with E-state index in [4.69, 9.17) is 0 Å². The molecule has 0 spiro atoms. The molecule has 2 fully saturated rings. The third kappa shape index (κ3) is 4.55. The molecule has 1 saturated carbocycles. The first kappa shape index (κ1) is 20.6. The van der Waals surface area contributed by atoms with Crippen molar-refractivity contribution in [2.24, 2.45) is 11.3 Å². The van der Waals surface area contributed by atoms with E-state index in [2.05, 4.69) is 41.5 Å². The van der Waals surface area contributed by atoms with Gasteiger partial charge in [0.25, 0.3) is 0 Å². The molecule has 1 N–H and O–H groups in total. The lowest BCUT2D eigenvalue weighted by molar-refractivity contribution is -0.142. The van der Waals surface area contributed by atoms with Crippen LogP contribution in [0.5, 0.6) is 0 Å². The van der Waals surface area contributed by atoms with Gasteiger partial charge in [-0.15, -0.1) is 0 Å². The Labute approximate surface area is 178 Å². The second kappa shape index (κ2) is 8.99. The standard InChI is InChI=1S/C25H31N3O2/c1-2-13-27-24(30)25(12-3-16-28(18-25)23(29)22-8-9-22)17-19-4-6-20(7-5-19)21-10-14-26-15-11-21/h4-7,10-11,14-15,22H,2-3,8-9,12-13,16-18H2,1H3,(H,27,30). The number of rotatable bonds is 7. The molecule has 1 aliphatic carbocycles. The van der Waals surface area contributed by atoms with E-state index in [9.17, 15) is 9.59 Å². The molecular formula is C25H31N3O2. The van der Waals surface area contributed by atoms with Crippen LogP contribution in [0.25, 0.3) is 11.1 Å². The zero-order valence-electron chi connectivity index (χ0n) is 17.8. The number of piperidine rings is 1. The molecule has 0 radical (unpaired) electrons. The van der Waals surface area contributed by atoms with Crippen LogP contribution in [0.1, 0.15) is 44.6 Å². The maximum atomic E-state index is 13.3. The number of carbonyl (C=O) groups is 2. The van der Waals surface area contributed by atoms with Gasteiger partial charge in [-0.25, -0.2) is 0 Å². The summed E-state index contributed by atoms with van der Waals surface area (Å²) in [5.74, 6) is 0.533. The molecule has 158 valence electrons. The van der Waals surface area contributed by atoms with E-state index in [1.807, 2.05) is 17.0 Å². The SMILES string of the molecule is CCCNC(=O)C1(Cc2ccc(-c3ccncc3)cc2)CCCN(C(=O)C2CC2)C1. The molecule has 1 aromatic carbocycles. The Morgan fingerprint density at radius 3 is 2.47 bits per heavy atom. The van der Waals surface area contributed by atoms with Crippen LogP contribution in [0.2, 0.25) is 0 Å². The summed E-state index contributed by atoms with van der Waals surface area (Å²) in [6.07, 6.45) is 8.87. The molecule has 1 aliphatic heterocycles. The second-order valence-electron chi connectivity index (χ2n) is 8.78. The van der Waals surface area contributed by atoms with Crippen molar-refractivity contribution in [3.8, 4) is 11.1 Å². The fourth-order valence-corrected chi connectivity index (χ4v) is 4.49. The van der Waals surface area contributed by atoms with Gasteiger partial charge >= 0.3 is 0 Å².